The van der Waals surface area contributed by atoms with E-state index in [4.69, 9.17) is 4.74 Å². The fraction of sp³-hybridized carbons (Fsp3) is 0.300. The van der Waals surface area contributed by atoms with Crippen molar-refractivity contribution in [3.05, 3.63) is 29.8 Å². The molecule has 0 N–H and O–H groups in total. The van der Waals surface area contributed by atoms with Gasteiger partial charge in [-0.25, -0.2) is 0 Å². The van der Waals surface area contributed by atoms with Crippen LogP contribution in [0.1, 0.15) is 12.5 Å². The maximum atomic E-state index is 10.4. The van der Waals surface area contributed by atoms with Crippen molar-refractivity contribution < 1.29 is 14.3 Å². The van der Waals surface area contributed by atoms with Gasteiger partial charge in [-0.15, -0.1) is 0 Å². The Hall–Kier alpha value is -1.03. The van der Waals surface area contributed by atoms with Crippen LogP contribution in [0.2, 0.25) is 0 Å². The highest BCUT2D eigenvalue weighted by atomic mass is 79.9. The minimum atomic E-state index is -0.345. The monoisotopic (exact) mass is 258 g/mol. The number of carbonyl (C=O) groups is 1. The van der Waals surface area contributed by atoms with Crippen molar-refractivity contribution in [3.8, 4) is 5.75 Å². The normalized spacial score (nSPS) is 9.57. The number of alkyl halides is 1. The van der Waals surface area contributed by atoms with Gasteiger partial charge in [0.25, 0.3) is 0 Å². The van der Waals surface area contributed by atoms with E-state index in [1.54, 1.807) is 0 Å². The van der Waals surface area contributed by atoms with Gasteiger partial charge in [-0.2, -0.15) is 0 Å². The van der Waals surface area contributed by atoms with Crippen LogP contribution in [0.4, 0.5) is 0 Å². The predicted molar refractivity (Wildman–Crippen MR) is 56.3 cm³/mol. The van der Waals surface area contributed by atoms with Gasteiger partial charge >= 0.3 is 5.97 Å². The largest absolute Gasteiger partial charge is 0.457 e. The minimum absolute atomic E-state index is 0.0387. The number of hydrogen-bond donors (Lipinski definition) is 0. The minimum Gasteiger partial charge on any atom is -0.457 e. The maximum absolute atomic E-state index is 10.4. The molecule has 0 fully saturated rings. The molecule has 0 aliphatic heterocycles. The van der Waals surface area contributed by atoms with E-state index in [2.05, 4.69) is 20.7 Å². The van der Waals surface area contributed by atoms with E-state index < -0.39 is 0 Å². The summed E-state index contributed by atoms with van der Waals surface area (Å²) in [6, 6.07) is 7.55. The molecule has 1 aromatic rings. The Morgan fingerprint density at radius 1 is 1.36 bits per heavy atom. The van der Waals surface area contributed by atoms with Crippen molar-refractivity contribution in [2.45, 2.75) is 12.3 Å². The first kappa shape index (κ1) is 11.0. The summed E-state index contributed by atoms with van der Waals surface area (Å²) in [5.74, 6) is 0.345. The van der Waals surface area contributed by atoms with Gasteiger partial charge < -0.3 is 9.47 Å². The molecule has 0 spiro atoms. The summed E-state index contributed by atoms with van der Waals surface area (Å²) in [5.41, 5.74) is 1.17. The molecule has 0 aliphatic rings. The maximum Gasteiger partial charge on any atom is 0.305 e. The zero-order valence-electron chi connectivity index (χ0n) is 7.83. The molecule has 0 heterocycles. The molecule has 0 radical (unpaired) electrons. The molecule has 0 bridgehead atoms. The first-order valence-electron chi connectivity index (χ1n) is 4.13. The fourth-order valence-corrected chi connectivity index (χ4v) is 1.23. The highest BCUT2D eigenvalue weighted by Gasteiger charge is 1.95. The van der Waals surface area contributed by atoms with Gasteiger partial charge in [0.1, 0.15) is 5.75 Å². The number of rotatable bonds is 4. The van der Waals surface area contributed by atoms with Crippen molar-refractivity contribution in [2.24, 2.45) is 0 Å². The molecule has 0 unspecified atom stereocenters. The number of benzene rings is 1. The summed E-state index contributed by atoms with van der Waals surface area (Å²) in [6.45, 7) is 1.31. The van der Waals surface area contributed by atoms with E-state index in [0.717, 1.165) is 5.33 Å². The Balaban J connectivity index is 2.40. The molecule has 0 atom stereocenters. The van der Waals surface area contributed by atoms with Crippen LogP contribution in [0.15, 0.2) is 24.3 Å². The molecular formula is C10H11BrO3. The van der Waals surface area contributed by atoms with Gasteiger partial charge in [0.15, 0.2) is 0 Å². The van der Waals surface area contributed by atoms with Crippen molar-refractivity contribution in [3.63, 3.8) is 0 Å². The quantitative estimate of drug-likeness (QED) is 0.473. The molecule has 3 nitrogen and oxygen atoms in total. The number of halogens is 1. The molecule has 1 aromatic carbocycles. The Bertz CT molecular complexity index is 295. The fourth-order valence-electron chi connectivity index (χ4n) is 0.855. The van der Waals surface area contributed by atoms with Crippen LogP contribution in [0.3, 0.4) is 0 Å². The van der Waals surface area contributed by atoms with Crippen molar-refractivity contribution in [1.82, 2.24) is 0 Å². The van der Waals surface area contributed by atoms with Crippen LogP contribution in [-0.2, 0) is 14.9 Å². The van der Waals surface area contributed by atoms with Crippen LogP contribution >= 0.6 is 15.9 Å². The summed E-state index contributed by atoms with van der Waals surface area (Å²) < 4.78 is 9.79. The molecule has 0 amide bonds. The Labute approximate surface area is 91.1 Å². The summed E-state index contributed by atoms with van der Waals surface area (Å²) in [4.78, 5) is 10.4. The Morgan fingerprint density at radius 3 is 2.50 bits per heavy atom. The van der Waals surface area contributed by atoms with Crippen molar-refractivity contribution in [2.75, 3.05) is 6.79 Å². The molecule has 0 saturated carbocycles. The van der Waals surface area contributed by atoms with Crippen molar-refractivity contribution in [1.29, 1.82) is 0 Å². The van der Waals surface area contributed by atoms with E-state index in [1.807, 2.05) is 24.3 Å². The zero-order valence-corrected chi connectivity index (χ0v) is 9.41. The van der Waals surface area contributed by atoms with Gasteiger partial charge in [-0.05, 0) is 17.7 Å². The molecule has 0 aromatic heterocycles. The van der Waals surface area contributed by atoms with Gasteiger partial charge in [0.2, 0.25) is 6.79 Å². The average Bonchev–Trinajstić information content (AvgIpc) is 2.18. The lowest BCUT2D eigenvalue weighted by molar-refractivity contribution is -0.147. The number of carbonyl (C=O) groups excluding carboxylic acids is 1. The molecule has 14 heavy (non-hydrogen) atoms. The van der Waals surface area contributed by atoms with E-state index in [1.165, 1.54) is 12.5 Å². The average molecular weight is 259 g/mol. The molecule has 1 rings (SSSR count). The standard InChI is InChI=1S/C10H11BrO3/c1-8(12)13-7-14-10-4-2-9(6-11)3-5-10/h2-5H,6-7H2,1H3. The third kappa shape index (κ3) is 3.79. The van der Waals surface area contributed by atoms with Crippen LogP contribution in [0.25, 0.3) is 0 Å². The number of ether oxygens (including phenoxy) is 2. The van der Waals surface area contributed by atoms with E-state index in [9.17, 15) is 4.79 Å². The Morgan fingerprint density at radius 2 is 2.00 bits per heavy atom. The van der Waals surface area contributed by atoms with Crippen LogP contribution in [0, 0.1) is 0 Å². The lowest BCUT2D eigenvalue weighted by Gasteiger charge is -2.05. The first-order chi connectivity index (χ1) is 6.72. The van der Waals surface area contributed by atoms with Crippen LogP contribution < -0.4 is 4.74 Å². The summed E-state index contributed by atoms with van der Waals surface area (Å²) in [5, 5.41) is 0.817. The van der Waals surface area contributed by atoms with E-state index in [-0.39, 0.29) is 12.8 Å². The predicted octanol–water partition coefficient (Wildman–Crippen LogP) is 2.48. The molecular weight excluding hydrogens is 248 g/mol. The van der Waals surface area contributed by atoms with E-state index in [0.29, 0.717) is 5.75 Å². The first-order valence-corrected chi connectivity index (χ1v) is 5.25. The number of esters is 1. The second-order valence-electron chi connectivity index (χ2n) is 2.68. The van der Waals surface area contributed by atoms with Crippen LogP contribution in [-0.4, -0.2) is 12.8 Å². The second kappa shape index (κ2) is 5.65. The highest BCUT2D eigenvalue weighted by molar-refractivity contribution is 9.08. The van der Waals surface area contributed by atoms with Gasteiger partial charge in [0, 0.05) is 12.3 Å². The molecule has 0 saturated heterocycles. The van der Waals surface area contributed by atoms with Gasteiger partial charge in [-0.3, -0.25) is 4.79 Å². The second-order valence-corrected chi connectivity index (χ2v) is 3.24. The molecule has 4 heteroatoms. The summed E-state index contributed by atoms with van der Waals surface area (Å²) in [6.07, 6.45) is 0. The smallest absolute Gasteiger partial charge is 0.305 e. The number of hydrogen-bond acceptors (Lipinski definition) is 3. The summed E-state index contributed by atoms with van der Waals surface area (Å²) >= 11 is 3.34. The Kier molecular flexibility index (Phi) is 4.46. The lowest BCUT2D eigenvalue weighted by Crippen LogP contribution is -2.06. The lowest BCUT2D eigenvalue weighted by atomic mass is 10.2. The summed E-state index contributed by atoms with van der Waals surface area (Å²) in [7, 11) is 0. The van der Waals surface area contributed by atoms with Crippen LogP contribution in [0.5, 0.6) is 5.75 Å². The third-order valence-electron chi connectivity index (χ3n) is 1.57. The molecule has 0 aliphatic carbocycles. The zero-order chi connectivity index (χ0) is 10.4. The SMILES string of the molecule is CC(=O)OCOc1ccc(CBr)cc1. The van der Waals surface area contributed by atoms with E-state index >= 15 is 0 Å². The van der Waals surface area contributed by atoms with Gasteiger partial charge in [0.05, 0.1) is 0 Å². The third-order valence-corrected chi connectivity index (χ3v) is 2.21. The van der Waals surface area contributed by atoms with Crippen molar-refractivity contribution >= 4 is 21.9 Å². The highest BCUT2D eigenvalue weighted by Crippen LogP contribution is 2.13. The topological polar surface area (TPSA) is 35.5 Å². The van der Waals surface area contributed by atoms with Gasteiger partial charge in [-0.1, -0.05) is 28.1 Å². The molecule has 76 valence electrons.